The molecule has 3 aliphatic heterocycles. The van der Waals surface area contributed by atoms with Gasteiger partial charge < -0.3 is 111 Å². The smallest absolute Gasteiger partial charge is 0.252 e. The van der Waals surface area contributed by atoms with Crippen LogP contribution in [0.2, 0.25) is 0 Å². The lowest BCUT2D eigenvalue weighted by Crippen LogP contribution is -2.60. The maximum atomic E-state index is 13.0. The second kappa shape index (κ2) is 23.3. The van der Waals surface area contributed by atoms with Crippen molar-refractivity contribution < 1.29 is 104 Å². The van der Waals surface area contributed by atoms with Crippen LogP contribution in [-0.2, 0) is 42.8 Å². The number of carbonyl (C=O) groups excluding carboxylic acids is 3. The van der Waals surface area contributed by atoms with Gasteiger partial charge in [-0.15, -0.1) is 0 Å². The molecule has 3 amide bonds. The summed E-state index contributed by atoms with van der Waals surface area (Å²) in [5.41, 5.74) is 6.10. The number of hydrogen-bond acceptors (Lipinski definition) is 23. The van der Waals surface area contributed by atoms with E-state index in [2.05, 4.69) is 16.0 Å². The van der Waals surface area contributed by atoms with Crippen molar-refractivity contribution in [1.29, 1.82) is 0 Å². The van der Waals surface area contributed by atoms with Crippen LogP contribution in [0.25, 0.3) is 0 Å². The number of nitrogens with one attached hydrogen (secondary N) is 3. The summed E-state index contributed by atoms with van der Waals surface area (Å²) in [6.07, 6.45) is -24.7. The topological polar surface area (TPSA) is 415 Å². The molecule has 56 heavy (non-hydrogen) atoms. The molecule has 0 bridgehead atoms. The number of ether oxygens (including phenoxy) is 6. The van der Waals surface area contributed by atoms with E-state index in [4.69, 9.17) is 34.2 Å². The zero-order valence-corrected chi connectivity index (χ0v) is 30.1. The number of aliphatic hydroxyl groups is 12. The Hall–Kier alpha value is -2.39. The minimum Gasteiger partial charge on any atom is -0.394 e. The molecule has 0 aromatic rings. The molecular weight excluding hydrogens is 766 g/mol. The summed E-state index contributed by atoms with van der Waals surface area (Å²) in [7, 11) is 0. The van der Waals surface area contributed by atoms with Crippen molar-refractivity contribution in [1.82, 2.24) is 20.9 Å². The summed E-state index contributed by atoms with van der Waals surface area (Å²) in [6, 6.07) is 0. The Morgan fingerprint density at radius 2 is 0.821 bits per heavy atom. The molecule has 0 saturated carbocycles. The third kappa shape index (κ3) is 13.1. The quantitative estimate of drug-likeness (QED) is 0.0377. The number of hydrogen-bond donors (Lipinski definition) is 16. The van der Waals surface area contributed by atoms with Crippen LogP contribution in [0.3, 0.4) is 0 Å². The lowest BCUT2D eigenvalue weighted by Gasteiger charge is -2.39. The van der Waals surface area contributed by atoms with Crippen LogP contribution in [0.4, 0.5) is 0 Å². The predicted octanol–water partition coefficient (Wildman–Crippen LogP) is -11.6. The van der Waals surface area contributed by atoms with Gasteiger partial charge in [0.25, 0.3) is 5.91 Å². The Bertz CT molecular complexity index is 1150. The Morgan fingerprint density at radius 1 is 0.518 bits per heavy atom. The normalized spacial score (nSPS) is 36.9. The first-order chi connectivity index (χ1) is 26.6. The molecule has 326 valence electrons. The van der Waals surface area contributed by atoms with E-state index in [0.29, 0.717) is 0 Å². The van der Waals surface area contributed by atoms with Gasteiger partial charge in [0.2, 0.25) is 11.8 Å². The van der Waals surface area contributed by atoms with Crippen molar-refractivity contribution in [2.75, 3.05) is 72.4 Å². The van der Waals surface area contributed by atoms with Crippen molar-refractivity contribution in [3.8, 4) is 0 Å². The van der Waals surface area contributed by atoms with Gasteiger partial charge in [0.15, 0.2) is 18.9 Å². The zero-order chi connectivity index (χ0) is 41.7. The molecule has 26 nitrogen and oxygen atoms in total. The van der Waals surface area contributed by atoms with Crippen LogP contribution in [0.5, 0.6) is 0 Å². The second-order valence-corrected chi connectivity index (χ2v) is 13.0. The fourth-order valence-corrected chi connectivity index (χ4v) is 5.70. The van der Waals surface area contributed by atoms with Gasteiger partial charge in [0.05, 0.1) is 52.7 Å². The summed E-state index contributed by atoms with van der Waals surface area (Å²) in [4.78, 5) is 39.7. The minimum absolute atomic E-state index is 0.222. The molecule has 0 spiro atoms. The van der Waals surface area contributed by atoms with Gasteiger partial charge in [-0.1, -0.05) is 0 Å². The van der Waals surface area contributed by atoms with Crippen molar-refractivity contribution in [2.45, 2.75) is 98.3 Å². The second-order valence-electron chi connectivity index (χ2n) is 13.0. The minimum atomic E-state index is -1.70. The zero-order valence-electron chi connectivity index (χ0n) is 30.1. The van der Waals surface area contributed by atoms with Crippen molar-refractivity contribution in [3.63, 3.8) is 0 Å². The average Bonchev–Trinajstić information content (AvgIpc) is 3.18. The number of rotatable bonds is 21. The molecule has 3 saturated heterocycles. The standard InChI is InChI=1S/C30H55N5O21/c31-26(27(50)34-3-6-53-30-25(49)22(46)19(43)14(11-38)56-30)35(7-15(39)32-1-4-51-28-23(47)20(44)17(41)12(9-36)54-28)8-16(40)33-2-5-52-29-24(48)21(45)18(42)13(10-37)55-29/h12-14,17-26,28-30,36-38,41-49H,1-11,31H2,(H,32,39)(H,33,40)(H,34,50)/t12-,13-,14-,17-,18-,19-,20+,21+,22+,23+,24+,25+,26?,28+,29+,30+/m1/s1. The maximum Gasteiger partial charge on any atom is 0.252 e. The van der Waals surface area contributed by atoms with E-state index < -0.39 is 149 Å². The lowest BCUT2D eigenvalue weighted by atomic mass is 9.99. The lowest BCUT2D eigenvalue weighted by molar-refractivity contribution is -0.300. The molecule has 0 aromatic carbocycles. The number of amides is 3. The highest BCUT2D eigenvalue weighted by Crippen LogP contribution is 2.24. The van der Waals surface area contributed by atoms with E-state index in [1.807, 2.05) is 0 Å². The monoisotopic (exact) mass is 821 g/mol. The van der Waals surface area contributed by atoms with Crippen LogP contribution in [0.15, 0.2) is 0 Å². The van der Waals surface area contributed by atoms with Crippen molar-refractivity contribution in [2.24, 2.45) is 5.73 Å². The number of nitrogens with two attached hydrogens (primary N) is 1. The molecule has 0 aromatic heterocycles. The van der Waals surface area contributed by atoms with Crippen molar-refractivity contribution >= 4 is 17.7 Å². The van der Waals surface area contributed by atoms with Gasteiger partial charge >= 0.3 is 0 Å². The molecule has 17 N–H and O–H groups in total. The summed E-state index contributed by atoms with van der Waals surface area (Å²) in [5.74, 6) is -2.44. The fourth-order valence-electron chi connectivity index (χ4n) is 5.70. The molecule has 1 unspecified atom stereocenters. The first kappa shape index (κ1) is 48.0. The molecule has 3 fully saturated rings. The number of aliphatic hydroxyl groups excluding tert-OH is 12. The largest absolute Gasteiger partial charge is 0.394 e. The van der Waals surface area contributed by atoms with Crippen LogP contribution < -0.4 is 21.7 Å². The van der Waals surface area contributed by atoms with E-state index in [1.54, 1.807) is 0 Å². The summed E-state index contributed by atoms with van der Waals surface area (Å²) in [5, 5.41) is 125. The van der Waals surface area contributed by atoms with Gasteiger partial charge in [-0.05, 0) is 0 Å². The molecular formula is C30H55N5O21. The van der Waals surface area contributed by atoms with E-state index in [9.17, 15) is 75.7 Å². The Labute approximate surface area is 319 Å². The Kier molecular flexibility index (Phi) is 19.9. The highest BCUT2D eigenvalue weighted by atomic mass is 16.7. The van der Waals surface area contributed by atoms with Crippen LogP contribution in [0, 0.1) is 0 Å². The van der Waals surface area contributed by atoms with Crippen LogP contribution >= 0.6 is 0 Å². The molecule has 0 aliphatic carbocycles. The molecule has 3 aliphatic rings. The van der Waals surface area contributed by atoms with Gasteiger partial charge in [0, 0.05) is 19.6 Å². The SMILES string of the molecule is NC(C(=O)NCCO[C@H]1O[C@H](CO)[C@@H](O)[C@H](O)[C@@H]1O)N(CC(=O)NCCO[C@H]1O[C@H](CO)[C@@H](O)[C@H](O)[C@@H]1O)CC(=O)NCCO[C@H]1O[C@H](CO)[C@@H](O)[C@H](O)[C@@H]1O. The van der Waals surface area contributed by atoms with Gasteiger partial charge in [0.1, 0.15) is 79.4 Å². The van der Waals surface area contributed by atoms with E-state index in [0.717, 1.165) is 4.90 Å². The number of carbonyl (C=O) groups is 3. The summed E-state index contributed by atoms with van der Waals surface area (Å²) >= 11 is 0. The van der Waals surface area contributed by atoms with E-state index >= 15 is 0 Å². The Balaban J connectivity index is 1.53. The predicted molar refractivity (Wildman–Crippen MR) is 178 cm³/mol. The van der Waals surface area contributed by atoms with Gasteiger partial charge in [-0.25, -0.2) is 0 Å². The summed E-state index contributed by atoms with van der Waals surface area (Å²) < 4.78 is 31.6. The molecule has 26 heteroatoms. The molecule has 3 rings (SSSR count). The maximum absolute atomic E-state index is 13.0. The number of nitrogens with zero attached hydrogens (tertiary/aromatic N) is 1. The Morgan fingerprint density at radius 3 is 1.12 bits per heavy atom. The van der Waals surface area contributed by atoms with Crippen LogP contribution in [-0.4, -0.2) is 255 Å². The molecule has 0 radical (unpaired) electrons. The third-order valence-electron chi connectivity index (χ3n) is 9.00. The fraction of sp³-hybridized carbons (Fsp3) is 0.900. The van der Waals surface area contributed by atoms with E-state index in [1.165, 1.54) is 0 Å². The molecule has 3 heterocycles. The van der Waals surface area contributed by atoms with Gasteiger partial charge in [-0.2, -0.15) is 0 Å². The third-order valence-corrected chi connectivity index (χ3v) is 9.00. The summed E-state index contributed by atoms with van der Waals surface area (Å²) in [6.45, 7) is -5.00. The first-order valence-electron chi connectivity index (χ1n) is 17.6. The van der Waals surface area contributed by atoms with Crippen LogP contribution in [0.1, 0.15) is 0 Å². The van der Waals surface area contributed by atoms with Crippen molar-refractivity contribution in [3.05, 3.63) is 0 Å². The first-order valence-corrected chi connectivity index (χ1v) is 17.6. The highest BCUT2D eigenvalue weighted by Gasteiger charge is 2.46. The van der Waals surface area contributed by atoms with E-state index in [-0.39, 0.29) is 39.5 Å². The van der Waals surface area contributed by atoms with Gasteiger partial charge in [-0.3, -0.25) is 19.3 Å². The molecule has 16 atom stereocenters. The highest BCUT2D eigenvalue weighted by molar-refractivity contribution is 5.85. The average molecular weight is 822 g/mol.